The van der Waals surface area contributed by atoms with Crippen molar-refractivity contribution in [3.63, 3.8) is 0 Å². The molecule has 3 amide bonds. The van der Waals surface area contributed by atoms with Crippen LogP contribution in [0.4, 0.5) is 11.4 Å². The minimum absolute atomic E-state index is 0.0210. The SMILES string of the molecule is COc1ccc(NC(=O)CN2C(=O)C(=C3SC(=S)N(CC(=O)[O-])C3=O)c3ccccc32)cc1. The van der Waals surface area contributed by atoms with Gasteiger partial charge in [-0.1, -0.05) is 42.2 Å². The van der Waals surface area contributed by atoms with Gasteiger partial charge in [0.25, 0.3) is 11.8 Å². The van der Waals surface area contributed by atoms with Crippen molar-refractivity contribution in [1.82, 2.24) is 4.90 Å². The summed E-state index contributed by atoms with van der Waals surface area (Å²) in [5, 5.41) is 13.7. The van der Waals surface area contributed by atoms with Crippen molar-refractivity contribution in [3.8, 4) is 5.75 Å². The van der Waals surface area contributed by atoms with Crippen LogP contribution in [0.5, 0.6) is 5.75 Å². The zero-order chi connectivity index (χ0) is 23.7. The lowest BCUT2D eigenvalue weighted by atomic mass is 10.1. The number of rotatable bonds is 6. The summed E-state index contributed by atoms with van der Waals surface area (Å²) in [5.74, 6) is -2.49. The van der Waals surface area contributed by atoms with Crippen LogP contribution >= 0.6 is 24.0 Å². The van der Waals surface area contributed by atoms with Crippen molar-refractivity contribution in [3.05, 3.63) is 59.0 Å². The number of thioether (sulfide) groups is 1. The van der Waals surface area contributed by atoms with Gasteiger partial charge in [-0.2, -0.15) is 0 Å². The molecular weight excluding hydrogens is 466 g/mol. The van der Waals surface area contributed by atoms with Crippen molar-refractivity contribution < 1.29 is 29.0 Å². The van der Waals surface area contributed by atoms with Gasteiger partial charge < -0.3 is 20.0 Å². The number of para-hydroxylation sites is 1. The minimum atomic E-state index is -1.47. The van der Waals surface area contributed by atoms with Crippen molar-refractivity contribution in [2.24, 2.45) is 0 Å². The first-order chi connectivity index (χ1) is 15.8. The van der Waals surface area contributed by atoms with Crippen LogP contribution in [0.25, 0.3) is 5.57 Å². The largest absolute Gasteiger partial charge is 0.548 e. The van der Waals surface area contributed by atoms with Crippen molar-refractivity contribution in [1.29, 1.82) is 0 Å². The molecule has 9 nitrogen and oxygen atoms in total. The average molecular weight is 483 g/mol. The van der Waals surface area contributed by atoms with Crippen molar-refractivity contribution in [2.75, 3.05) is 30.4 Å². The van der Waals surface area contributed by atoms with E-state index in [2.05, 4.69) is 5.32 Å². The van der Waals surface area contributed by atoms with Gasteiger partial charge in [0, 0.05) is 11.3 Å². The lowest BCUT2D eigenvalue weighted by Crippen LogP contribution is -2.40. The normalized spacial score (nSPS) is 17.4. The number of ether oxygens (including phenoxy) is 1. The van der Waals surface area contributed by atoms with E-state index in [4.69, 9.17) is 17.0 Å². The summed E-state index contributed by atoms with van der Waals surface area (Å²) in [6.07, 6.45) is 0. The van der Waals surface area contributed by atoms with Gasteiger partial charge in [-0.25, -0.2) is 0 Å². The third kappa shape index (κ3) is 4.32. The maximum atomic E-state index is 13.3. The Morgan fingerprint density at radius 1 is 1.03 bits per heavy atom. The number of methoxy groups -OCH3 is 1. The third-order valence-corrected chi connectivity index (χ3v) is 6.41. The van der Waals surface area contributed by atoms with Gasteiger partial charge in [0.2, 0.25) is 5.91 Å². The van der Waals surface area contributed by atoms with Gasteiger partial charge in [0.15, 0.2) is 0 Å². The quantitative estimate of drug-likeness (QED) is 0.479. The first kappa shape index (κ1) is 22.5. The smallest absolute Gasteiger partial charge is 0.267 e. The molecule has 0 radical (unpaired) electrons. The van der Waals surface area contributed by atoms with Crippen LogP contribution < -0.4 is 20.1 Å². The van der Waals surface area contributed by atoms with E-state index in [0.29, 0.717) is 22.7 Å². The number of fused-ring (bicyclic) bond motifs is 1. The molecule has 168 valence electrons. The Balaban J connectivity index is 1.61. The number of benzene rings is 2. The number of carbonyl (C=O) groups excluding carboxylic acids is 4. The summed E-state index contributed by atoms with van der Waals surface area (Å²) in [5.41, 5.74) is 1.55. The van der Waals surface area contributed by atoms with Crippen LogP contribution in [0.3, 0.4) is 0 Å². The Kier molecular flexibility index (Phi) is 6.16. The van der Waals surface area contributed by atoms with Crippen molar-refractivity contribution in [2.45, 2.75) is 0 Å². The third-order valence-electron chi connectivity index (χ3n) is 4.96. The van der Waals surface area contributed by atoms with Crippen molar-refractivity contribution >= 4 is 68.9 Å². The summed E-state index contributed by atoms with van der Waals surface area (Å²) < 4.78 is 5.11. The highest BCUT2D eigenvalue weighted by Crippen LogP contribution is 2.44. The van der Waals surface area contributed by atoms with E-state index < -0.39 is 30.2 Å². The summed E-state index contributed by atoms with van der Waals surface area (Å²) >= 11 is 5.97. The summed E-state index contributed by atoms with van der Waals surface area (Å²) in [6, 6.07) is 13.5. The fourth-order valence-electron chi connectivity index (χ4n) is 3.49. The van der Waals surface area contributed by atoms with E-state index in [-0.39, 0.29) is 21.3 Å². The van der Waals surface area contributed by atoms with Crippen LogP contribution in [0.1, 0.15) is 5.56 Å². The minimum Gasteiger partial charge on any atom is -0.548 e. The van der Waals surface area contributed by atoms with Crippen LogP contribution in [0.15, 0.2) is 53.4 Å². The molecule has 0 aliphatic carbocycles. The fraction of sp³-hybridized carbons (Fsp3) is 0.136. The van der Waals surface area contributed by atoms with Gasteiger partial charge in [0.1, 0.15) is 16.6 Å². The highest BCUT2D eigenvalue weighted by atomic mass is 32.2. The fourth-order valence-corrected chi connectivity index (χ4v) is 4.82. The van der Waals surface area contributed by atoms with E-state index >= 15 is 0 Å². The molecule has 2 aliphatic rings. The van der Waals surface area contributed by atoms with Crippen LogP contribution in [-0.2, 0) is 19.2 Å². The molecule has 0 bridgehead atoms. The second-order valence-corrected chi connectivity index (χ2v) is 8.66. The van der Waals surface area contributed by atoms with Gasteiger partial charge in [-0.3, -0.25) is 24.2 Å². The molecule has 0 atom stereocenters. The van der Waals surface area contributed by atoms with Crippen LogP contribution in [0, 0.1) is 0 Å². The number of thiocarbonyl (C=S) groups is 1. The molecule has 2 aromatic carbocycles. The first-order valence-electron chi connectivity index (χ1n) is 9.63. The molecule has 4 rings (SSSR count). The van der Waals surface area contributed by atoms with E-state index in [1.54, 1.807) is 48.5 Å². The number of carboxylic acids is 1. The first-order valence-corrected chi connectivity index (χ1v) is 10.9. The predicted octanol–water partition coefficient (Wildman–Crippen LogP) is 1.00. The maximum absolute atomic E-state index is 13.3. The Morgan fingerprint density at radius 3 is 2.39 bits per heavy atom. The Hall–Kier alpha value is -3.70. The van der Waals surface area contributed by atoms with Gasteiger partial charge >= 0.3 is 0 Å². The van der Waals surface area contributed by atoms with Crippen LogP contribution in [-0.4, -0.2) is 53.1 Å². The average Bonchev–Trinajstić information content (AvgIpc) is 3.21. The van der Waals surface area contributed by atoms with E-state index in [9.17, 15) is 24.3 Å². The molecule has 1 fully saturated rings. The number of anilines is 2. The van der Waals surface area contributed by atoms with Gasteiger partial charge in [-0.15, -0.1) is 0 Å². The highest BCUT2D eigenvalue weighted by molar-refractivity contribution is 8.26. The molecule has 1 N–H and O–H groups in total. The molecule has 33 heavy (non-hydrogen) atoms. The second-order valence-electron chi connectivity index (χ2n) is 7.02. The number of carbonyl (C=O) groups is 4. The molecule has 11 heteroatoms. The molecule has 1 saturated heterocycles. The van der Waals surface area contributed by atoms with E-state index in [0.717, 1.165) is 16.7 Å². The maximum Gasteiger partial charge on any atom is 0.267 e. The van der Waals surface area contributed by atoms with E-state index in [1.165, 1.54) is 12.0 Å². The molecular formula is C22H16N3O6S2-. The van der Waals surface area contributed by atoms with Gasteiger partial charge in [0.05, 0.1) is 35.8 Å². The molecule has 0 saturated carbocycles. The highest BCUT2D eigenvalue weighted by Gasteiger charge is 2.42. The zero-order valence-electron chi connectivity index (χ0n) is 17.2. The predicted molar refractivity (Wildman–Crippen MR) is 124 cm³/mol. The topological polar surface area (TPSA) is 119 Å². The lowest BCUT2D eigenvalue weighted by Gasteiger charge is -2.17. The number of carboxylic acid groups (broad SMARTS) is 1. The number of aliphatic carboxylic acids is 1. The Labute approximate surface area is 198 Å². The number of hydrogen-bond donors (Lipinski definition) is 1. The second kappa shape index (κ2) is 9.04. The van der Waals surface area contributed by atoms with E-state index in [1.807, 2.05) is 0 Å². The standard InChI is InChI=1S/C22H17N3O6S2/c1-31-13-8-6-12(7-9-13)23-16(26)10-24-15-5-3-2-4-14(15)18(20(24)29)19-21(30)25(11-17(27)28)22(32)33-19/h2-9H,10-11H2,1H3,(H,23,26)(H,27,28)/p-1. The number of nitrogens with one attached hydrogen (secondary N) is 1. The summed E-state index contributed by atoms with van der Waals surface area (Å²) in [6.45, 7) is -0.990. The Morgan fingerprint density at radius 2 is 1.73 bits per heavy atom. The summed E-state index contributed by atoms with van der Waals surface area (Å²) in [4.78, 5) is 52.0. The number of amides is 3. The summed E-state index contributed by atoms with van der Waals surface area (Å²) in [7, 11) is 1.54. The monoisotopic (exact) mass is 482 g/mol. The molecule has 0 aromatic heterocycles. The number of hydrogen-bond acceptors (Lipinski definition) is 8. The van der Waals surface area contributed by atoms with Crippen LogP contribution in [0.2, 0.25) is 0 Å². The molecule has 2 heterocycles. The molecule has 0 spiro atoms. The number of nitrogens with zero attached hydrogens (tertiary/aromatic N) is 2. The molecule has 2 aliphatic heterocycles. The van der Waals surface area contributed by atoms with Gasteiger partial charge in [-0.05, 0) is 30.3 Å². The molecule has 0 unspecified atom stereocenters. The lowest BCUT2D eigenvalue weighted by molar-refractivity contribution is -0.305. The Bertz CT molecular complexity index is 1220. The zero-order valence-corrected chi connectivity index (χ0v) is 18.8. The molecule has 2 aromatic rings.